The van der Waals surface area contributed by atoms with E-state index in [1.807, 2.05) is 18.7 Å². The molecule has 1 spiro atoms. The Bertz CT molecular complexity index is 566. The lowest BCUT2D eigenvalue weighted by Crippen LogP contribution is -2.41. The van der Waals surface area contributed by atoms with E-state index in [1.165, 1.54) is 0 Å². The van der Waals surface area contributed by atoms with Crippen LogP contribution in [0.15, 0.2) is 4.42 Å². The van der Waals surface area contributed by atoms with Crippen molar-refractivity contribution in [2.75, 3.05) is 32.8 Å². The van der Waals surface area contributed by atoms with E-state index in [2.05, 4.69) is 22.4 Å². The third kappa shape index (κ3) is 3.27. The fourth-order valence-corrected chi connectivity index (χ4v) is 3.71. The van der Waals surface area contributed by atoms with Crippen LogP contribution < -0.4 is 5.32 Å². The molecule has 2 fully saturated rings. The number of amides is 2. The lowest BCUT2D eigenvalue weighted by atomic mass is 9.72. The zero-order chi connectivity index (χ0) is 17.2. The number of hydrogen-bond acceptors (Lipinski definition) is 5. The molecule has 24 heavy (non-hydrogen) atoms. The minimum atomic E-state index is -0.0113. The van der Waals surface area contributed by atoms with E-state index in [4.69, 9.17) is 9.15 Å². The highest BCUT2D eigenvalue weighted by atomic mass is 16.5. The van der Waals surface area contributed by atoms with Gasteiger partial charge in [0.2, 0.25) is 11.8 Å². The normalized spacial score (nSPS) is 23.2. The van der Waals surface area contributed by atoms with Gasteiger partial charge < -0.3 is 19.4 Å². The molecule has 7 nitrogen and oxygen atoms in total. The first-order valence-electron chi connectivity index (χ1n) is 8.99. The number of carbonyl (C=O) groups excluding carboxylic acids is 1. The highest BCUT2D eigenvalue weighted by molar-refractivity contribution is 5.74. The molecule has 1 atom stereocenters. The molecule has 0 aliphatic carbocycles. The molecule has 134 valence electrons. The fraction of sp³-hybridized carbons (Fsp3) is 0.824. The number of ether oxygens (including phenoxy) is 1. The molecule has 3 heterocycles. The van der Waals surface area contributed by atoms with Crippen molar-refractivity contribution in [1.82, 2.24) is 20.4 Å². The molecule has 1 aromatic rings. The van der Waals surface area contributed by atoms with E-state index >= 15 is 0 Å². The maximum atomic E-state index is 12.4. The van der Waals surface area contributed by atoms with Gasteiger partial charge in [0.15, 0.2) is 0 Å². The monoisotopic (exact) mass is 336 g/mol. The van der Waals surface area contributed by atoms with Gasteiger partial charge in [-0.25, -0.2) is 4.79 Å². The van der Waals surface area contributed by atoms with Gasteiger partial charge in [0.1, 0.15) is 0 Å². The molecule has 1 N–H and O–H groups in total. The summed E-state index contributed by atoms with van der Waals surface area (Å²) < 4.78 is 11.5. The number of aromatic nitrogens is 2. The maximum absolute atomic E-state index is 12.4. The molecule has 1 aromatic heterocycles. The van der Waals surface area contributed by atoms with Gasteiger partial charge in [-0.05, 0) is 19.3 Å². The van der Waals surface area contributed by atoms with Crippen molar-refractivity contribution in [1.29, 1.82) is 0 Å². The summed E-state index contributed by atoms with van der Waals surface area (Å²) in [6, 6.07) is 0.00816. The van der Waals surface area contributed by atoms with E-state index in [1.54, 1.807) is 0 Å². The second-order valence-corrected chi connectivity index (χ2v) is 7.27. The molecule has 0 radical (unpaired) electrons. The highest BCUT2D eigenvalue weighted by Gasteiger charge is 2.51. The van der Waals surface area contributed by atoms with E-state index in [0.29, 0.717) is 24.9 Å². The largest absolute Gasteiger partial charge is 0.425 e. The van der Waals surface area contributed by atoms with Gasteiger partial charge in [0.05, 0.1) is 5.92 Å². The first-order valence-corrected chi connectivity index (χ1v) is 8.99. The van der Waals surface area contributed by atoms with Crippen LogP contribution >= 0.6 is 0 Å². The Labute approximate surface area is 143 Å². The zero-order valence-electron chi connectivity index (χ0n) is 14.9. The summed E-state index contributed by atoms with van der Waals surface area (Å²) in [5.74, 6) is 1.64. The number of nitrogens with one attached hydrogen (secondary N) is 1. The number of nitrogens with zero attached hydrogens (tertiary/aromatic N) is 3. The Morgan fingerprint density at radius 2 is 2.12 bits per heavy atom. The number of likely N-dealkylation sites (tertiary alicyclic amines) is 1. The summed E-state index contributed by atoms with van der Waals surface area (Å²) in [5, 5.41) is 11.5. The summed E-state index contributed by atoms with van der Waals surface area (Å²) in [6.45, 7) is 9.66. The smallest absolute Gasteiger partial charge is 0.317 e. The Morgan fingerprint density at radius 1 is 1.38 bits per heavy atom. The molecule has 2 amide bonds. The molecule has 3 rings (SSSR count). The van der Waals surface area contributed by atoms with Crippen molar-refractivity contribution in [3.63, 3.8) is 0 Å². The summed E-state index contributed by atoms with van der Waals surface area (Å²) >= 11 is 0. The third-order valence-electron chi connectivity index (χ3n) is 5.20. The minimum Gasteiger partial charge on any atom is -0.425 e. The first kappa shape index (κ1) is 17.2. The summed E-state index contributed by atoms with van der Waals surface area (Å²) in [5.41, 5.74) is -0.0113. The van der Waals surface area contributed by atoms with Crippen LogP contribution in [-0.4, -0.2) is 54.0 Å². The van der Waals surface area contributed by atoms with Crippen LogP contribution in [0.3, 0.4) is 0 Å². The Hall–Kier alpha value is -1.63. The summed E-state index contributed by atoms with van der Waals surface area (Å²) in [4.78, 5) is 14.3. The van der Waals surface area contributed by atoms with Crippen molar-refractivity contribution >= 4 is 6.03 Å². The van der Waals surface area contributed by atoms with Crippen molar-refractivity contribution in [3.8, 4) is 0 Å². The SMILES string of the molecule is CCCNC(=O)N1CC(c2nnc(C(C)C)o2)C2(CCOCC2)C1. The minimum absolute atomic E-state index is 0.00816. The van der Waals surface area contributed by atoms with E-state index < -0.39 is 0 Å². The predicted molar refractivity (Wildman–Crippen MR) is 88.9 cm³/mol. The van der Waals surface area contributed by atoms with Crippen LogP contribution in [0.2, 0.25) is 0 Å². The number of hydrogen-bond donors (Lipinski definition) is 1. The lowest BCUT2D eigenvalue weighted by molar-refractivity contribution is 0.00998. The molecule has 2 aliphatic heterocycles. The van der Waals surface area contributed by atoms with Crippen molar-refractivity contribution in [2.24, 2.45) is 5.41 Å². The van der Waals surface area contributed by atoms with Gasteiger partial charge in [0.25, 0.3) is 0 Å². The average molecular weight is 336 g/mol. The van der Waals surface area contributed by atoms with Crippen LogP contribution in [0.4, 0.5) is 4.79 Å². The zero-order valence-corrected chi connectivity index (χ0v) is 14.9. The van der Waals surface area contributed by atoms with Crippen LogP contribution in [0.25, 0.3) is 0 Å². The van der Waals surface area contributed by atoms with Crippen LogP contribution in [0, 0.1) is 5.41 Å². The first-order chi connectivity index (χ1) is 11.6. The maximum Gasteiger partial charge on any atom is 0.317 e. The van der Waals surface area contributed by atoms with Crippen molar-refractivity contribution in [2.45, 2.75) is 51.9 Å². The van der Waals surface area contributed by atoms with Crippen LogP contribution in [-0.2, 0) is 4.74 Å². The van der Waals surface area contributed by atoms with Gasteiger partial charge in [-0.2, -0.15) is 0 Å². The average Bonchev–Trinajstić information content (AvgIpc) is 3.19. The Balaban J connectivity index is 1.82. The molecular weight excluding hydrogens is 308 g/mol. The number of carbonyl (C=O) groups is 1. The van der Waals surface area contributed by atoms with Gasteiger partial charge in [-0.3, -0.25) is 0 Å². The van der Waals surface area contributed by atoms with Gasteiger partial charge in [0, 0.05) is 44.2 Å². The molecule has 2 aliphatic rings. The van der Waals surface area contributed by atoms with Crippen molar-refractivity contribution in [3.05, 3.63) is 11.8 Å². The molecule has 2 saturated heterocycles. The fourth-order valence-electron chi connectivity index (χ4n) is 3.71. The summed E-state index contributed by atoms with van der Waals surface area (Å²) in [6.07, 6.45) is 2.78. The molecule has 7 heteroatoms. The highest BCUT2D eigenvalue weighted by Crippen LogP contribution is 2.49. The molecular formula is C17H28N4O3. The quantitative estimate of drug-likeness (QED) is 0.914. The topological polar surface area (TPSA) is 80.5 Å². The van der Waals surface area contributed by atoms with Crippen LogP contribution in [0.5, 0.6) is 0 Å². The predicted octanol–water partition coefficient (Wildman–Crippen LogP) is 2.51. The molecule has 0 saturated carbocycles. The standard InChI is InChI=1S/C17H28N4O3/c1-4-7-18-16(22)21-10-13(15-20-19-14(24-15)12(2)3)17(11-21)5-8-23-9-6-17/h12-13H,4-11H2,1-3H3,(H,18,22). The molecule has 1 unspecified atom stereocenters. The lowest BCUT2D eigenvalue weighted by Gasteiger charge is -2.36. The van der Waals surface area contributed by atoms with Gasteiger partial charge in [-0.15, -0.1) is 10.2 Å². The second kappa shape index (κ2) is 7.09. The summed E-state index contributed by atoms with van der Waals surface area (Å²) in [7, 11) is 0. The van der Waals surface area contributed by atoms with Crippen molar-refractivity contribution < 1.29 is 13.9 Å². The molecule has 0 aromatic carbocycles. The van der Waals surface area contributed by atoms with Gasteiger partial charge >= 0.3 is 6.03 Å². The van der Waals surface area contributed by atoms with E-state index in [-0.39, 0.29) is 23.3 Å². The van der Waals surface area contributed by atoms with E-state index in [0.717, 1.165) is 39.0 Å². The third-order valence-corrected chi connectivity index (χ3v) is 5.20. The van der Waals surface area contributed by atoms with Gasteiger partial charge in [-0.1, -0.05) is 20.8 Å². The van der Waals surface area contributed by atoms with E-state index in [9.17, 15) is 4.79 Å². The Kier molecular flexibility index (Phi) is 5.08. The second-order valence-electron chi connectivity index (χ2n) is 7.27. The number of urea groups is 1. The molecule has 0 bridgehead atoms. The van der Waals surface area contributed by atoms with Crippen LogP contribution in [0.1, 0.15) is 63.7 Å². The Morgan fingerprint density at radius 3 is 2.75 bits per heavy atom. The number of rotatable bonds is 4.